The van der Waals surface area contributed by atoms with Gasteiger partial charge < -0.3 is 21.1 Å². The molecular weight excluding hydrogens is 294 g/mol. The van der Waals surface area contributed by atoms with Crippen LogP contribution in [0.5, 0.6) is 0 Å². The van der Waals surface area contributed by atoms with Crippen molar-refractivity contribution in [3.05, 3.63) is 35.9 Å². The summed E-state index contributed by atoms with van der Waals surface area (Å²) in [5, 5.41) is 12.5. The Bertz CT molecular complexity index is 619. The molecule has 2 aliphatic rings. The highest BCUT2D eigenvalue weighted by Crippen LogP contribution is 2.49. The van der Waals surface area contributed by atoms with Gasteiger partial charge in [-0.25, -0.2) is 0 Å². The van der Waals surface area contributed by atoms with Gasteiger partial charge in [-0.2, -0.15) is 0 Å². The van der Waals surface area contributed by atoms with E-state index in [0.29, 0.717) is 13.0 Å². The minimum absolute atomic E-state index is 0.131. The maximum absolute atomic E-state index is 12.9. The Morgan fingerprint density at radius 3 is 2.57 bits per heavy atom. The second kappa shape index (κ2) is 5.62. The topological polar surface area (TPSA) is 95.7 Å². The first kappa shape index (κ1) is 16.0. The van der Waals surface area contributed by atoms with Crippen molar-refractivity contribution in [2.75, 3.05) is 6.54 Å². The van der Waals surface area contributed by atoms with Gasteiger partial charge >= 0.3 is 0 Å². The zero-order valence-electron chi connectivity index (χ0n) is 13.4. The fraction of sp³-hybridized carbons (Fsp3) is 0.529. The van der Waals surface area contributed by atoms with E-state index in [4.69, 9.17) is 5.73 Å². The number of nitrogens with zero attached hydrogens (tertiary/aromatic N) is 1. The summed E-state index contributed by atoms with van der Waals surface area (Å²) in [4.78, 5) is 26.8. The highest BCUT2D eigenvalue weighted by atomic mass is 16.3. The summed E-state index contributed by atoms with van der Waals surface area (Å²) < 4.78 is 0. The molecule has 3 rings (SSSR count). The van der Waals surface area contributed by atoms with E-state index >= 15 is 0 Å². The number of nitrogens with two attached hydrogens (primary N) is 1. The third-order valence-electron chi connectivity index (χ3n) is 5.09. The van der Waals surface area contributed by atoms with Crippen LogP contribution in [0.25, 0.3) is 0 Å². The smallest absolute Gasteiger partial charge is 0.247 e. The van der Waals surface area contributed by atoms with E-state index in [2.05, 4.69) is 5.32 Å². The van der Waals surface area contributed by atoms with Crippen LogP contribution in [0.4, 0.5) is 0 Å². The number of β-lactam (4-membered cyclic amide) rings is 1. The summed E-state index contributed by atoms with van der Waals surface area (Å²) in [6.07, 6.45) is -0.355. The van der Waals surface area contributed by atoms with E-state index in [1.54, 1.807) is 4.90 Å². The number of aliphatic hydroxyl groups is 1. The number of amides is 2. The molecular formula is C17H23N3O3. The van der Waals surface area contributed by atoms with Crippen LogP contribution in [0.15, 0.2) is 30.3 Å². The van der Waals surface area contributed by atoms with Gasteiger partial charge in [0.2, 0.25) is 11.8 Å². The summed E-state index contributed by atoms with van der Waals surface area (Å²) in [5.41, 5.74) is 6.06. The lowest BCUT2D eigenvalue weighted by molar-refractivity contribution is -0.156. The number of carbonyl (C=O) groups excluding carboxylic acids is 2. The Morgan fingerprint density at radius 1 is 1.43 bits per heavy atom. The standard InChI is InChI=1S/C17H23N3O3/c1-10-8-17(9-19-16(17)23)20(15(22)13(18)11(2)21)14(10)12-6-4-3-5-7-12/h3-7,10-11,13-14,21H,8-9,18H2,1-2H3,(H,19,23). The molecule has 4 N–H and O–H groups in total. The third-order valence-corrected chi connectivity index (χ3v) is 5.09. The highest BCUT2D eigenvalue weighted by molar-refractivity contribution is 5.98. The molecule has 2 fully saturated rings. The van der Waals surface area contributed by atoms with Crippen LogP contribution in [0.1, 0.15) is 31.9 Å². The number of benzene rings is 1. The second-order valence-electron chi connectivity index (χ2n) is 6.73. The van der Waals surface area contributed by atoms with Gasteiger partial charge in [-0.3, -0.25) is 9.59 Å². The zero-order chi connectivity index (χ0) is 16.8. The average molecular weight is 317 g/mol. The van der Waals surface area contributed by atoms with E-state index in [0.717, 1.165) is 5.56 Å². The first-order chi connectivity index (χ1) is 10.9. The largest absolute Gasteiger partial charge is 0.391 e. The Labute approximate surface area is 135 Å². The highest BCUT2D eigenvalue weighted by Gasteiger charge is 2.62. The van der Waals surface area contributed by atoms with Gasteiger partial charge in [0.15, 0.2) is 0 Å². The van der Waals surface area contributed by atoms with Crippen molar-refractivity contribution in [2.24, 2.45) is 11.7 Å². The molecule has 1 aromatic carbocycles. The molecule has 1 aromatic rings. The fourth-order valence-electron chi connectivity index (χ4n) is 3.83. The van der Waals surface area contributed by atoms with E-state index in [1.165, 1.54) is 6.92 Å². The molecule has 23 heavy (non-hydrogen) atoms. The number of hydrogen-bond acceptors (Lipinski definition) is 4. The number of carbonyl (C=O) groups is 2. The zero-order valence-corrected chi connectivity index (χ0v) is 13.4. The Kier molecular flexibility index (Phi) is 3.90. The van der Waals surface area contributed by atoms with Gasteiger partial charge in [-0.1, -0.05) is 37.3 Å². The van der Waals surface area contributed by atoms with Crippen molar-refractivity contribution in [1.82, 2.24) is 10.2 Å². The van der Waals surface area contributed by atoms with Crippen molar-refractivity contribution in [3.63, 3.8) is 0 Å². The first-order valence-electron chi connectivity index (χ1n) is 7.98. The Hall–Kier alpha value is -1.92. The summed E-state index contributed by atoms with van der Waals surface area (Å²) in [6, 6.07) is 8.45. The van der Waals surface area contributed by atoms with E-state index in [-0.39, 0.29) is 23.8 Å². The monoisotopic (exact) mass is 317 g/mol. The van der Waals surface area contributed by atoms with Crippen molar-refractivity contribution in [2.45, 2.75) is 44.0 Å². The SMILES string of the molecule is CC(O)C(N)C(=O)N1C(c2ccccc2)C(C)CC12CNC2=O. The van der Waals surface area contributed by atoms with E-state index < -0.39 is 17.7 Å². The number of likely N-dealkylation sites (tertiary alicyclic amines) is 1. The fourth-order valence-corrected chi connectivity index (χ4v) is 3.83. The summed E-state index contributed by atoms with van der Waals surface area (Å²) in [6.45, 7) is 3.98. The lowest BCUT2D eigenvalue weighted by atomic mass is 9.85. The van der Waals surface area contributed by atoms with Gasteiger partial charge in [0.05, 0.1) is 18.7 Å². The minimum atomic E-state index is -1.03. The van der Waals surface area contributed by atoms with Crippen LogP contribution in [0.3, 0.4) is 0 Å². The predicted octanol–water partition coefficient (Wildman–Crippen LogP) is 0.173. The van der Waals surface area contributed by atoms with Gasteiger partial charge in [0.25, 0.3) is 0 Å². The average Bonchev–Trinajstić information content (AvgIpc) is 2.88. The van der Waals surface area contributed by atoms with Gasteiger partial charge in [-0.05, 0) is 24.8 Å². The molecule has 6 nitrogen and oxygen atoms in total. The van der Waals surface area contributed by atoms with Gasteiger partial charge in [0, 0.05) is 0 Å². The van der Waals surface area contributed by atoms with Crippen LogP contribution in [-0.2, 0) is 9.59 Å². The molecule has 0 saturated carbocycles. The molecule has 5 unspecified atom stereocenters. The molecule has 2 amide bonds. The van der Waals surface area contributed by atoms with Crippen LogP contribution in [0.2, 0.25) is 0 Å². The van der Waals surface area contributed by atoms with Gasteiger partial charge in [0.1, 0.15) is 11.6 Å². The molecule has 0 aliphatic carbocycles. The van der Waals surface area contributed by atoms with Crippen molar-refractivity contribution in [1.29, 1.82) is 0 Å². The molecule has 124 valence electrons. The Balaban J connectivity index is 2.03. The molecule has 0 aromatic heterocycles. The molecule has 2 heterocycles. The maximum Gasteiger partial charge on any atom is 0.247 e. The Morgan fingerprint density at radius 2 is 2.09 bits per heavy atom. The number of rotatable bonds is 3. The van der Waals surface area contributed by atoms with Crippen molar-refractivity contribution in [3.8, 4) is 0 Å². The van der Waals surface area contributed by atoms with Crippen LogP contribution < -0.4 is 11.1 Å². The summed E-state index contributed by atoms with van der Waals surface area (Å²) in [5.74, 6) is -0.365. The molecule has 0 radical (unpaired) electrons. The lowest BCUT2D eigenvalue weighted by Gasteiger charge is -2.47. The molecule has 6 heteroatoms. The lowest BCUT2D eigenvalue weighted by Crippen LogP contribution is -2.73. The molecule has 2 saturated heterocycles. The van der Waals surface area contributed by atoms with Crippen molar-refractivity contribution >= 4 is 11.8 Å². The molecule has 0 bridgehead atoms. The van der Waals surface area contributed by atoms with Crippen LogP contribution in [-0.4, -0.2) is 46.1 Å². The van der Waals surface area contributed by atoms with Gasteiger partial charge in [-0.15, -0.1) is 0 Å². The van der Waals surface area contributed by atoms with E-state index in [1.807, 2.05) is 37.3 Å². The van der Waals surface area contributed by atoms with Crippen LogP contribution in [0, 0.1) is 5.92 Å². The number of nitrogens with one attached hydrogen (secondary N) is 1. The van der Waals surface area contributed by atoms with Crippen molar-refractivity contribution < 1.29 is 14.7 Å². The third kappa shape index (κ3) is 2.33. The van der Waals surface area contributed by atoms with Crippen LogP contribution >= 0.6 is 0 Å². The minimum Gasteiger partial charge on any atom is -0.391 e. The number of hydrogen-bond donors (Lipinski definition) is 3. The molecule has 5 atom stereocenters. The van der Waals surface area contributed by atoms with E-state index in [9.17, 15) is 14.7 Å². The normalized spacial score (nSPS) is 32.3. The molecule has 2 aliphatic heterocycles. The predicted molar refractivity (Wildman–Crippen MR) is 85.2 cm³/mol. The quantitative estimate of drug-likeness (QED) is 0.693. The second-order valence-corrected chi connectivity index (χ2v) is 6.73. The number of aliphatic hydroxyl groups excluding tert-OH is 1. The first-order valence-corrected chi connectivity index (χ1v) is 7.98. The summed E-state index contributed by atoms with van der Waals surface area (Å²) >= 11 is 0. The maximum atomic E-state index is 12.9. The molecule has 1 spiro atoms. The summed E-state index contributed by atoms with van der Waals surface area (Å²) in [7, 11) is 0.